The van der Waals surface area contributed by atoms with Gasteiger partial charge in [-0.05, 0) is 25.5 Å². The lowest BCUT2D eigenvalue weighted by Gasteiger charge is -2.21. The summed E-state index contributed by atoms with van der Waals surface area (Å²) in [6.45, 7) is 2.01. The molecule has 0 saturated heterocycles. The van der Waals surface area contributed by atoms with Crippen molar-refractivity contribution in [3.05, 3.63) is 45.0 Å². The number of nitrogens with zero attached hydrogens (tertiary/aromatic N) is 1. The van der Waals surface area contributed by atoms with Gasteiger partial charge in [-0.2, -0.15) is 0 Å². The fourth-order valence-corrected chi connectivity index (χ4v) is 2.45. The zero-order chi connectivity index (χ0) is 14.6. The summed E-state index contributed by atoms with van der Waals surface area (Å²) in [5.74, 6) is -2.65. The summed E-state index contributed by atoms with van der Waals surface area (Å²) in [5.41, 5.74) is 0.455. The molecule has 5 nitrogen and oxygen atoms in total. The Hall–Kier alpha value is -1.75. The normalized spacial score (nSPS) is 12.2. The maximum atomic E-state index is 11.6. The van der Waals surface area contributed by atoms with Gasteiger partial charge < -0.3 is 0 Å². The van der Waals surface area contributed by atoms with Crippen molar-refractivity contribution in [2.24, 2.45) is 5.92 Å². The van der Waals surface area contributed by atoms with Crippen molar-refractivity contribution < 1.29 is 14.5 Å². The average Bonchev–Trinajstić information content (AvgIpc) is 2.27. The molecule has 0 saturated carbocycles. The van der Waals surface area contributed by atoms with E-state index in [-0.39, 0.29) is 11.6 Å². The van der Waals surface area contributed by atoms with Gasteiger partial charge in [-0.25, -0.2) is 0 Å². The number of rotatable bonds is 6. The van der Waals surface area contributed by atoms with Gasteiger partial charge in [0.1, 0.15) is 11.6 Å². The molecule has 1 aromatic rings. The third-order valence-electron chi connectivity index (χ3n) is 2.93. The second kappa shape index (κ2) is 6.43. The van der Waals surface area contributed by atoms with Gasteiger partial charge in [0.2, 0.25) is 6.54 Å². The van der Waals surface area contributed by atoms with E-state index in [4.69, 9.17) is 11.6 Å². The van der Waals surface area contributed by atoms with Crippen LogP contribution in [0.4, 0.5) is 0 Å². The van der Waals surface area contributed by atoms with Gasteiger partial charge in [0.25, 0.3) is 0 Å². The molecule has 0 radical (unpaired) electrons. The van der Waals surface area contributed by atoms with Gasteiger partial charge in [-0.1, -0.05) is 29.8 Å². The first-order valence-corrected chi connectivity index (χ1v) is 6.09. The monoisotopic (exact) mass is 283 g/mol. The molecule has 19 heavy (non-hydrogen) atoms. The highest BCUT2D eigenvalue weighted by Crippen LogP contribution is 2.31. The van der Waals surface area contributed by atoms with Crippen LogP contribution in [0.15, 0.2) is 24.3 Å². The lowest BCUT2D eigenvalue weighted by atomic mass is 9.81. The highest BCUT2D eigenvalue weighted by Gasteiger charge is 2.35. The van der Waals surface area contributed by atoms with Gasteiger partial charge in [0.05, 0.1) is 11.8 Å². The second-order valence-corrected chi connectivity index (χ2v) is 4.75. The van der Waals surface area contributed by atoms with Gasteiger partial charge in [0.15, 0.2) is 0 Å². The predicted molar refractivity (Wildman–Crippen MR) is 70.9 cm³/mol. The lowest BCUT2D eigenvalue weighted by molar-refractivity contribution is -0.484. The fraction of sp³-hybridized carbons (Fsp3) is 0.385. The zero-order valence-electron chi connectivity index (χ0n) is 10.6. The number of carbonyl (C=O) groups is 2. The van der Waals surface area contributed by atoms with E-state index < -0.39 is 23.3 Å². The van der Waals surface area contributed by atoms with Gasteiger partial charge in [0, 0.05) is 9.95 Å². The third-order valence-corrected chi connectivity index (χ3v) is 3.27. The number of carbonyl (C=O) groups excluding carboxylic acids is 2. The van der Waals surface area contributed by atoms with Crippen molar-refractivity contribution in [2.45, 2.75) is 19.8 Å². The van der Waals surface area contributed by atoms with Crippen molar-refractivity contribution in [1.82, 2.24) is 0 Å². The molecule has 0 bridgehead atoms. The van der Waals surface area contributed by atoms with Crippen LogP contribution in [-0.4, -0.2) is 23.0 Å². The first-order valence-electron chi connectivity index (χ1n) is 5.71. The second-order valence-electron chi connectivity index (χ2n) is 4.34. The maximum absolute atomic E-state index is 11.6. The van der Waals surface area contributed by atoms with Crippen LogP contribution in [0.2, 0.25) is 5.02 Å². The van der Waals surface area contributed by atoms with Crippen molar-refractivity contribution in [1.29, 1.82) is 0 Å². The molecule has 0 aliphatic carbocycles. The largest absolute Gasteiger partial charge is 0.299 e. The zero-order valence-corrected chi connectivity index (χ0v) is 11.4. The average molecular weight is 284 g/mol. The van der Waals surface area contributed by atoms with E-state index in [2.05, 4.69) is 0 Å². The molecular formula is C13H14ClNO4. The summed E-state index contributed by atoms with van der Waals surface area (Å²) in [6.07, 6.45) is 0. The van der Waals surface area contributed by atoms with Crippen LogP contribution >= 0.6 is 11.6 Å². The minimum atomic E-state index is -1.04. The van der Waals surface area contributed by atoms with Crippen molar-refractivity contribution in [3.8, 4) is 0 Å². The smallest absolute Gasteiger partial charge is 0.211 e. The number of hydrogen-bond donors (Lipinski definition) is 0. The predicted octanol–water partition coefficient (Wildman–Crippen LogP) is 2.49. The van der Waals surface area contributed by atoms with E-state index in [0.717, 1.165) is 0 Å². The molecule has 0 aromatic heterocycles. The molecule has 0 unspecified atom stereocenters. The molecule has 0 aliphatic heterocycles. The Morgan fingerprint density at radius 3 is 2.21 bits per heavy atom. The molecule has 0 spiro atoms. The lowest BCUT2D eigenvalue weighted by Crippen LogP contribution is -2.31. The Morgan fingerprint density at radius 2 is 1.79 bits per heavy atom. The molecule has 0 fully saturated rings. The van der Waals surface area contributed by atoms with Crippen LogP contribution in [-0.2, 0) is 9.59 Å². The SMILES string of the molecule is CC(=O)C(C(C)=O)[C@H](C[N+](=O)[O-])c1ccccc1Cl. The van der Waals surface area contributed by atoms with Crippen LogP contribution in [0.25, 0.3) is 0 Å². The van der Waals surface area contributed by atoms with E-state index in [1.54, 1.807) is 24.3 Å². The molecule has 0 amide bonds. The van der Waals surface area contributed by atoms with Crippen LogP contribution in [0.1, 0.15) is 25.3 Å². The molecule has 0 heterocycles. The number of benzene rings is 1. The van der Waals surface area contributed by atoms with Crippen LogP contribution in [0, 0.1) is 16.0 Å². The Balaban J connectivity index is 3.28. The van der Waals surface area contributed by atoms with E-state index >= 15 is 0 Å². The standard InChI is InChI=1S/C13H14ClNO4/c1-8(16)13(9(2)17)11(7-15(18)19)10-5-3-4-6-12(10)14/h3-6,11,13H,7H2,1-2H3/t11-/m1/s1. The molecule has 1 rings (SSSR count). The Bertz CT molecular complexity index is 501. The molecule has 1 atom stereocenters. The van der Waals surface area contributed by atoms with Crippen LogP contribution in [0.5, 0.6) is 0 Å². The van der Waals surface area contributed by atoms with Crippen LogP contribution < -0.4 is 0 Å². The summed E-state index contributed by atoms with van der Waals surface area (Å²) in [7, 11) is 0. The molecule has 6 heteroatoms. The number of Topliss-reactive ketones (excluding diaryl/α,β-unsaturated/α-hetero) is 2. The first-order chi connectivity index (χ1) is 8.84. The number of ketones is 2. The van der Waals surface area contributed by atoms with Gasteiger partial charge in [-0.15, -0.1) is 0 Å². The van der Waals surface area contributed by atoms with E-state index in [1.807, 2.05) is 0 Å². The number of nitro groups is 1. The summed E-state index contributed by atoms with van der Waals surface area (Å²) in [6, 6.07) is 6.55. The summed E-state index contributed by atoms with van der Waals surface area (Å²) in [5, 5.41) is 11.1. The maximum Gasteiger partial charge on any atom is 0.211 e. The molecular weight excluding hydrogens is 270 g/mol. The molecule has 0 aliphatic rings. The fourth-order valence-electron chi connectivity index (χ4n) is 2.17. The van der Waals surface area contributed by atoms with E-state index in [9.17, 15) is 19.7 Å². The van der Waals surface area contributed by atoms with Crippen molar-refractivity contribution in [3.63, 3.8) is 0 Å². The van der Waals surface area contributed by atoms with Crippen molar-refractivity contribution in [2.75, 3.05) is 6.54 Å². The third kappa shape index (κ3) is 3.86. The topological polar surface area (TPSA) is 77.3 Å². The highest BCUT2D eigenvalue weighted by atomic mass is 35.5. The summed E-state index contributed by atoms with van der Waals surface area (Å²) >= 11 is 6.01. The Labute approximate surface area is 115 Å². The Kier molecular flexibility index (Phi) is 5.18. The van der Waals surface area contributed by atoms with Gasteiger partial charge >= 0.3 is 0 Å². The summed E-state index contributed by atoms with van der Waals surface area (Å²) in [4.78, 5) is 33.5. The molecule has 0 N–H and O–H groups in total. The molecule has 1 aromatic carbocycles. The number of hydrogen-bond acceptors (Lipinski definition) is 4. The quantitative estimate of drug-likeness (QED) is 0.456. The van der Waals surface area contributed by atoms with Crippen molar-refractivity contribution >= 4 is 23.2 Å². The molecule has 102 valence electrons. The van der Waals surface area contributed by atoms with E-state index in [0.29, 0.717) is 10.6 Å². The minimum absolute atomic E-state index is 0.321. The van der Waals surface area contributed by atoms with Crippen LogP contribution in [0.3, 0.4) is 0 Å². The van der Waals surface area contributed by atoms with Gasteiger partial charge in [-0.3, -0.25) is 19.7 Å². The Morgan fingerprint density at radius 1 is 1.26 bits per heavy atom. The number of halogens is 1. The first kappa shape index (κ1) is 15.3. The summed E-state index contributed by atoms with van der Waals surface area (Å²) < 4.78 is 0. The van der Waals surface area contributed by atoms with E-state index in [1.165, 1.54) is 13.8 Å². The minimum Gasteiger partial charge on any atom is -0.299 e. The highest BCUT2D eigenvalue weighted by molar-refractivity contribution is 6.31.